The number of hydrogen-bond donors (Lipinski definition) is 1. The Morgan fingerprint density at radius 3 is 2.50 bits per heavy atom. The van der Waals surface area contributed by atoms with Crippen molar-refractivity contribution < 1.29 is 4.79 Å². The molecule has 1 aromatic heterocycles. The molecule has 0 aliphatic carbocycles. The molecule has 0 atom stereocenters. The highest BCUT2D eigenvalue weighted by molar-refractivity contribution is 5.94. The second-order valence-corrected chi connectivity index (χ2v) is 5.74. The molecular formula is C17H20N2O. The van der Waals surface area contributed by atoms with Crippen molar-refractivity contribution in [2.75, 3.05) is 0 Å². The van der Waals surface area contributed by atoms with Crippen LogP contribution in [0, 0.1) is 6.92 Å². The van der Waals surface area contributed by atoms with E-state index in [-0.39, 0.29) is 11.4 Å². The van der Waals surface area contributed by atoms with E-state index in [0.717, 1.165) is 6.42 Å². The first kappa shape index (κ1) is 14.3. The van der Waals surface area contributed by atoms with E-state index in [2.05, 4.69) is 41.5 Å². The van der Waals surface area contributed by atoms with Gasteiger partial charge in [0.15, 0.2) is 0 Å². The normalized spacial score (nSPS) is 11.2. The van der Waals surface area contributed by atoms with E-state index in [9.17, 15) is 4.79 Å². The fourth-order valence-electron chi connectivity index (χ4n) is 2.14. The number of benzene rings is 1. The molecule has 1 heterocycles. The van der Waals surface area contributed by atoms with Crippen LogP contribution < -0.4 is 5.32 Å². The average molecular weight is 268 g/mol. The van der Waals surface area contributed by atoms with Crippen LogP contribution in [0.3, 0.4) is 0 Å². The third-order valence-corrected chi connectivity index (χ3v) is 3.14. The second-order valence-electron chi connectivity index (χ2n) is 5.74. The molecule has 0 radical (unpaired) electrons. The van der Waals surface area contributed by atoms with Crippen LogP contribution >= 0.6 is 0 Å². The predicted octanol–water partition coefficient (Wildman–Crippen LogP) is 3.14. The predicted molar refractivity (Wildman–Crippen MR) is 80.7 cm³/mol. The van der Waals surface area contributed by atoms with Gasteiger partial charge in [-0.3, -0.25) is 9.78 Å². The quantitative estimate of drug-likeness (QED) is 0.925. The molecular weight excluding hydrogens is 248 g/mol. The number of carbonyl (C=O) groups is 1. The minimum absolute atomic E-state index is 0.0878. The van der Waals surface area contributed by atoms with Crippen molar-refractivity contribution in [2.45, 2.75) is 32.7 Å². The summed E-state index contributed by atoms with van der Waals surface area (Å²) in [5.41, 5.74) is 2.74. The molecule has 0 bridgehead atoms. The van der Waals surface area contributed by atoms with E-state index in [1.165, 1.54) is 11.1 Å². The van der Waals surface area contributed by atoms with Gasteiger partial charge in [0, 0.05) is 17.9 Å². The molecule has 20 heavy (non-hydrogen) atoms. The SMILES string of the molecule is Cc1ccc(CC(C)(C)NC(=O)c2cccnc2)cc1. The zero-order valence-corrected chi connectivity index (χ0v) is 12.2. The third kappa shape index (κ3) is 3.92. The van der Waals surface area contributed by atoms with Crippen LogP contribution in [0.1, 0.15) is 35.3 Å². The maximum Gasteiger partial charge on any atom is 0.253 e. The number of pyridine rings is 1. The summed E-state index contributed by atoms with van der Waals surface area (Å²) >= 11 is 0. The summed E-state index contributed by atoms with van der Waals surface area (Å²) in [5, 5.41) is 3.06. The van der Waals surface area contributed by atoms with Gasteiger partial charge in [-0.1, -0.05) is 29.8 Å². The van der Waals surface area contributed by atoms with Crippen molar-refractivity contribution in [1.29, 1.82) is 0 Å². The molecule has 1 amide bonds. The highest BCUT2D eigenvalue weighted by atomic mass is 16.1. The van der Waals surface area contributed by atoms with Crippen LogP contribution in [0.2, 0.25) is 0 Å². The molecule has 2 rings (SSSR count). The lowest BCUT2D eigenvalue weighted by atomic mass is 9.94. The minimum atomic E-state index is -0.303. The first-order valence-corrected chi connectivity index (χ1v) is 6.74. The lowest BCUT2D eigenvalue weighted by Crippen LogP contribution is -2.45. The monoisotopic (exact) mass is 268 g/mol. The molecule has 0 aliphatic heterocycles. The summed E-state index contributed by atoms with van der Waals surface area (Å²) in [5.74, 6) is -0.0878. The van der Waals surface area contributed by atoms with Crippen molar-refractivity contribution in [3.8, 4) is 0 Å². The van der Waals surface area contributed by atoms with E-state index in [0.29, 0.717) is 5.56 Å². The minimum Gasteiger partial charge on any atom is -0.347 e. The Hall–Kier alpha value is -2.16. The molecule has 104 valence electrons. The van der Waals surface area contributed by atoms with Gasteiger partial charge in [-0.25, -0.2) is 0 Å². The van der Waals surface area contributed by atoms with Gasteiger partial charge in [0.1, 0.15) is 0 Å². The molecule has 0 aliphatic rings. The van der Waals surface area contributed by atoms with Gasteiger partial charge < -0.3 is 5.32 Å². The topological polar surface area (TPSA) is 42.0 Å². The Bertz CT molecular complexity index is 574. The number of carbonyl (C=O) groups excluding carboxylic acids is 1. The Morgan fingerprint density at radius 2 is 1.90 bits per heavy atom. The number of rotatable bonds is 4. The summed E-state index contributed by atoms with van der Waals surface area (Å²) in [6.45, 7) is 6.13. The lowest BCUT2D eigenvalue weighted by Gasteiger charge is -2.26. The zero-order chi connectivity index (χ0) is 14.6. The molecule has 0 unspecified atom stereocenters. The average Bonchev–Trinajstić information content (AvgIpc) is 2.41. The van der Waals surface area contributed by atoms with E-state index in [4.69, 9.17) is 0 Å². The van der Waals surface area contributed by atoms with Crippen LogP contribution in [-0.4, -0.2) is 16.4 Å². The summed E-state index contributed by atoms with van der Waals surface area (Å²) in [7, 11) is 0. The van der Waals surface area contributed by atoms with E-state index < -0.39 is 0 Å². The third-order valence-electron chi connectivity index (χ3n) is 3.14. The molecule has 3 nitrogen and oxygen atoms in total. The molecule has 1 N–H and O–H groups in total. The first-order valence-electron chi connectivity index (χ1n) is 6.74. The van der Waals surface area contributed by atoms with Crippen molar-refractivity contribution >= 4 is 5.91 Å². The summed E-state index contributed by atoms with van der Waals surface area (Å²) in [4.78, 5) is 16.1. The molecule has 3 heteroatoms. The van der Waals surface area contributed by atoms with Gasteiger partial charge in [0.25, 0.3) is 5.91 Å². The Balaban J connectivity index is 2.03. The number of nitrogens with zero attached hydrogens (tertiary/aromatic N) is 1. The van der Waals surface area contributed by atoms with Gasteiger partial charge in [0.2, 0.25) is 0 Å². The Kier molecular flexibility index (Phi) is 4.18. The van der Waals surface area contributed by atoms with E-state index in [1.54, 1.807) is 24.5 Å². The van der Waals surface area contributed by atoms with Gasteiger partial charge >= 0.3 is 0 Å². The molecule has 2 aromatic rings. The van der Waals surface area contributed by atoms with Crippen LogP contribution in [0.15, 0.2) is 48.8 Å². The number of amides is 1. The summed E-state index contributed by atoms with van der Waals surface area (Å²) in [6, 6.07) is 11.9. The standard InChI is InChI=1S/C17H20N2O/c1-13-6-8-14(9-7-13)11-17(2,3)19-16(20)15-5-4-10-18-12-15/h4-10,12H,11H2,1-3H3,(H,19,20). The van der Waals surface area contributed by atoms with Crippen molar-refractivity contribution in [3.63, 3.8) is 0 Å². The number of aryl methyl sites for hydroxylation is 1. The smallest absolute Gasteiger partial charge is 0.253 e. The van der Waals surface area contributed by atoms with E-state index in [1.807, 2.05) is 13.8 Å². The molecule has 0 spiro atoms. The van der Waals surface area contributed by atoms with Crippen LogP contribution in [0.4, 0.5) is 0 Å². The number of nitrogens with one attached hydrogen (secondary N) is 1. The first-order chi connectivity index (χ1) is 9.46. The highest BCUT2D eigenvalue weighted by Gasteiger charge is 2.21. The van der Waals surface area contributed by atoms with Crippen LogP contribution in [-0.2, 0) is 6.42 Å². The maximum atomic E-state index is 12.2. The van der Waals surface area contributed by atoms with Crippen LogP contribution in [0.5, 0.6) is 0 Å². The zero-order valence-electron chi connectivity index (χ0n) is 12.2. The Labute approximate surface area is 120 Å². The number of aromatic nitrogens is 1. The highest BCUT2D eigenvalue weighted by Crippen LogP contribution is 2.14. The van der Waals surface area contributed by atoms with Gasteiger partial charge in [-0.2, -0.15) is 0 Å². The van der Waals surface area contributed by atoms with Gasteiger partial charge in [-0.05, 0) is 44.9 Å². The second kappa shape index (κ2) is 5.87. The van der Waals surface area contributed by atoms with Gasteiger partial charge in [0.05, 0.1) is 5.56 Å². The lowest BCUT2D eigenvalue weighted by molar-refractivity contribution is 0.0912. The molecule has 0 fully saturated rings. The summed E-state index contributed by atoms with van der Waals surface area (Å²) < 4.78 is 0. The largest absolute Gasteiger partial charge is 0.347 e. The van der Waals surface area contributed by atoms with Crippen molar-refractivity contribution in [1.82, 2.24) is 10.3 Å². The van der Waals surface area contributed by atoms with Gasteiger partial charge in [-0.15, -0.1) is 0 Å². The fourth-order valence-corrected chi connectivity index (χ4v) is 2.14. The molecule has 0 saturated carbocycles. The van der Waals surface area contributed by atoms with E-state index >= 15 is 0 Å². The Morgan fingerprint density at radius 1 is 1.20 bits per heavy atom. The molecule has 0 saturated heterocycles. The maximum absolute atomic E-state index is 12.2. The van der Waals surface area contributed by atoms with Crippen LogP contribution in [0.25, 0.3) is 0 Å². The van der Waals surface area contributed by atoms with Crippen molar-refractivity contribution in [2.24, 2.45) is 0 Å². The van der Waals surface area contributed by atoms with Crippen molar-refractivity contribution in [3.05, 3.63) is 65.5 Å². The number of hydrogen-bond acceptors (Lipinski definition) is 2. The molecule has 1 aromatic carbocycles. The fraction of sp³-hybridized carbons (Fsp3) is 0.294. The summed E-state index contributed by atoms with van der Waals surface area (Å²) in [6.07, 6.45) is 4.03.